The summed E-state index contributed by atoms with van der Waals surface area (Å²) in [6, 6.07) is -1.12. The number of likely N-dealkylation sites (N-methyl/N-ethyl adjacent to an activating group) is 1. The summed E-state index contributed by atoms with van der Waals surface area (Å²) in [7, 11) is 3.42. The zero-order valence-electron chi connectivity index (χ0n) is 52.8. The first-order valence-electron chi connectivity index (χ1n) is 31.0. The fourth-order valence-electron chi connectivity index (χ4n) is 16.7. The Kier molecular flexibility index (Phi) is 20.6. The van der Waals surface area contributed by atoms with Crippen LogP contribution in [0.15, 0.2) is 23.8 Å². The van der Waals surface area contributed by atoms with Crippen molar-refractivity contribution in [2.24, 2.45) is 46.3 Å². The van der Waals surface area contributed by atoms with Crippen molar-refractivity contribution in [3.05, 3.63) is 23.8 Å². The van der Waals surface area contributed by atoms with Gasteiger partial charge in [0.15, 0.2) is 29.6 Å². The minimum absolute atomic E-state index is 0.0629. The fraction of sp³-hybridized carbons (Fsp3) is 0.889. The fourth-order valence-corrected chi connectivity index (χ4v) is 16.7. The number of carbonyl (C=O) groups is 3. The van der Waals surface area contributed by atoms with Gasteiger partial charge in [-0.2, -0.15) is 0 Å². The van der Waals surface area contributed by atoms with Gasteiger partial charge in [0.1, 0.15) is 30.0 Å². The Morgan fingerprint density at radius 2 is 1.58 bits per heavy atom. The Morgan fingerprint density at radius 3 is 2.20 bits per heavy atom. The summed E-state index contributed by atoms with van der Waals surface area (Å²) in [6.45, 7) is 27.2. The molecule has 0 aromatic rings. The smallest absolute Gasteiger partial charge is 0.311 e. The molecular formula is C63H106FN3O16. The number of aliphatic hydroxyl groups is 7. The van der Waals surface area contributed by atoms with Gasteiger partial charge in [0, 0.05) is 80.4 Å². The van der Waals surface area contributed by atoms with E-state index in [1.807, 2.05) is 45.7 Å². The number of rotatable bonds is 13. The van der Waals surface area contributed by atoms with Crippen molar-refractivity contribution >= 4 is 17.7 Å². The summed E-state index contributed by atoms with van der Waals surface area (Å²) in [5.41, 5.74) is -10.8. The maximum absolute atomic E-state index is 17.9. The van der Waals surface area contributed by atoms with Crippen molar-refractivity contribution < 1.29 is 82.9 Å². The first kappa shape index (κ1) is 68.0. The van der Waals surface area contributed by atoms with Crippen LogP contribution in [0.4, 0.5) is 4.39 Å². The number of ether oxygens (including phenoxy) is 6. The van der Waals surface area contributed by atoms with Crippen molar-refractivity contribution in [1.82, 2.24) is 15.1 Å². The van der Waals surface area contributed by atoms with Crippen molar-refractivity contribution in [2.75, 3.05) is 33.8 Å². The van der Waals surface area contributed by atoms with E-state index in [2.05, 4.69) is 10.2 Å². The number of amides is 1. The number of aliphatic hydroxyl groups excluding tert-OH is 4. The molecule has 83 heavy (non-hydrogen) atoms. The summed E-state index contributed by atoms with van der Waals surface area (Å²) < 4.78 is 56.5. The number of nitrogens with one attached hydrogen (secondary N) is 1. The Morgan fingerprint density at radius 1 is 0.916 bits per heavy atom. The Hall–Kier alpha value is -2.54. The second kappa shape index (κ2) is 25.2. The minimum Gasteiger partial charge on any atom is -0.459 e. The number of nitrogens with zero attached hydrogens (tertiary/aromatic N) is 2. The number of halogens is 1. The van der Waals surface area contributed by atoms with Gasteiger partial charge in [-0.25, -0.2) is 4.39 Å². The molecule has 0 bridgehead atoms. The molecule has 26 atom stereocenters. The van der Waals surface area contributed by atoms with Gasteiger partial charge in [-0.3, -0.25) is 24.2 Å². The summed E-state index contributed by atoms with van der Waals surface area (Å²) in [5, 5.41) is 88.9. The van der Waals surface area contributed by atoms with Gasteiger partial charge in [0.05, 0.1) is 47.6 Å². The van der Waals surface area contributed by atoms with E-state index in [-0.39, 0.29) is 88.0 Å². The molecule has 3 saturated heterocycles. The summed E-state index contributed by atoms with van der Waals surface area (Å²) in [5.74, 6) is -5.71. The molecule has 0 spiro atoms. The highest BCUT2D eigenvalue weighted by Crippen LogP contribution is 2.70. The number of ketones is 1. The summed E-state index contributed by atoms with van der Waals surface area (Å²) >= 11 is 0. The summed E-state index contributed by atoms with van der Waals surface area (Å²) in [6.07, 6.45) is -5.70. The predicted octanol–water partition coefficient (Wildman–Crippen LogP) is 4.90. The molecule has 2 saturated carbocycles. The maximum Gasteiger partial charge on any atom is 0.311 e. The molecule has 476 valence electrons. The van der Waals surface area contributed by atoms with Crippen molar-refractivity contribution in [3.63, 3.8) is 0 Å². The van der Waals surface area contributed by atoms with Crippen LogP contribution in [0.5, 0.6) is 0 Å². The van der Waals surface area contributed by atoms with Crippen molar-refractivity contribution in [3.8, 4) is 0 Å². The van der Waals surface area contributed by atoms with E-state index in [4.69, 9.17) is 28.4 Å². The molecule has 5 fully saturated rings. The molecule has 0 aromatic carbocycles. The second-order valence-electron chi connectivity index (χ2n) is 28.3. The first-order chi connectivity index (χ1) is 38.4. The van der Waals surface area contributed by atoms with E-state index >= 15 is 4.39 Å². The molecule has 1 amide bonds. The van der Waals surface area contributed by atoms with Gasteiger partial charge >= 0.3 is 5.97 Å². The molecule has 7 rings (SSSR count). The molecule has 0 aromatic heterocycles. The van der Waals surface area contributed by atoms with Crippen LogP contribution in [0.25, 0.3) is 0 Å². The van der Waals surface area contributed by atoms with E-state index in [0.29, 0.717) is 24.8 Å². The van der Waals surface area contributed by atoms with E-state index in [1.54, 1.807) is 75.3 Å². The van der Waals surface area contributed by atoms with Gasteiger partial charge in [0.25, 0.3) is 5.91 Å². The number of esters is 1. The first-order valence-corrected chi connectivity index (χ1v) is 31.0. The SMILES string of the molecule is CC[C@H]1OC(=O)[C@H](C)[C@@H](O[C@H]2C[C@@](C)(OC)[C@@H](O)[C@H](C)O2)[C@H](C)[C@@H](O[C@@H]2O[C@H](C)C[C@H](N(C)C(C)C)[C@H]2O)[C@](C)(O)C[C@@H](C)CN(CCCNC(=O)[C@@]2(O)[C@H](C)CC3C4CC=C5CC(=O)C=C[C@]5(C)[C@@]4(F)[C@@H](O)C[C@@]32C)[C@H](C)[C@@H](O)[C@]1(C)O. The number of hydrogen-bond donors (Lipinski definition) is 8. The Balaban J connectivity index is 1.17. The van der Waals surface area contributed by atoms with Gasteiger partial charge < -0.3 is 69.5 Å². The van der Waals surface area contributed by atoms with Crippen LogP contribution in [-0.2, 0) is 42.8 Å². The molecular weight excluding hydrogens is 1070 g/mol. The molecule has 2 unspecified atom stereocenters. The van der Waals surface area contributed by atoms with Crippen LogP contribution in [-0.4, -0.2) is 211 Å². The van der Waals surface area contributed by atoms with Crippen LogP contribution in [0.2, 0.25) is 0 Å². The highest BCUT2D eigenvalue weighted by atomic mass is 19.1. The van der Waals surface area contributed by atoms with E-state index in [9.17, 15) is 50.1 Å². The largest absolute Gasteiger partial charge is 0.459 e. The third-order valence-corrected chi connectivity index (χ3v) is 22.1. The third kappa shape index (κ3) is 12.2. The highest BCUT2D eigenvalue weighted by molar-refractivity contribution is 5.93. The monoisotopic (exact) mass is 1180 g/mol. The van der Waals surface area contributed by atoms with Crippen LogP contribution < -0.4 is 5.32 Å². The number of fused-ring (bicyclic) bond motifs is 5. The van der Waals surface area contributed by atoms with Gasteiger partial charge in [0.2, 0.25) is 0 Å². The standard InChI is InChI=1S/C63H106FN3O16/c1-18-47-61(15,76)51(71)39(9)67(25-19-24-65-56(74)63(77)35(5)26-44-43-21-20-41-28-42(68)22-23-57(41,11)62(43,64)46(69)30-58(44,63)12)32-34(4)29-59(13,75)53(83-55-49(70)45(27-36(6)79-55)66(16)33(2)3)37(7)50(38(8)54(73)81-47)82-48-31-60(14,78-17)52(72)40(10)80-48/h20,22-23,33-40,43-53,55,69-72,75-77H,18-19,21,24-32H2,1-17H3,(H,65,74)/t34-,35-,36-,37+,38-,39-,40+,43?,44?,45+,46+,47-,48+,49-,50+,51-,52+,53-,55+,57+,58+,59-,60-,61-,62+,63+/m1/s1. The second-order valence-corrected chi connectivity index (χ2v) is 28.3. The van der Waals surface area contributed by atoms with Crippen LogP contribution in [0.3, 0.4) is 0 Å². The van der Waals surface area contributed by atoms with Crippen LogP contribution >= 0.6 is 0 Å². The van der Waals surface area contributed by atoms with Gasteiger partial charge in [-0.15, -0.1) is 0 Å². The highest BCUT2D eigenvalue weighted by Gasteiger charge is 2.75. The molecule has 0 radical (unpaired) electrons. The Bertz CT molecular complexity index is 2360. The molecule has 19 nitrogen and oxygen atoms in total. The zero-order valence-corrected chi connectivity index (χ0v) is 52.8. The molecule has 20 heteroatoms. The number of methoxy groups -OCH3 is 1. The van der Waals surface area contributed by atoms with Gasteiger partial charge in [-0.05, 0) is 145 Å². The van der Waals surface area contributed by atoms with E-state index in [1.165, 1.54) is 20.1 Å². The number of carbonyl (C=O) groups excluding carboxylic acids is 3. The number of allylic oxidation sites excluding steroid dienone is 4. The lowest BCUT2D eigenvalue weighted by atomic mass is 9.45. The van der Waals surface area contributed by atoms with E-state index in [0.717, 1.165) is 0 Å². The average Bonchev–Trinajstić information content (AvgIpc) is 1.69. The van der Waals surface area contributed by atoms with Crippen LogP contribution in [0, 0.1) is 46.3 Å². The van der Waals surface area contributed by atoms with E-state index < -0.39 is 148 Å². The zero-order chi connectivity index (χ0) is 62.1. The molecule has 3 heterocycles. The molecule has 3 aliphatic heterocycles. The average molecular weight is 1180 g/mol. The third-order valence-electron chi connectivity index (χ3n) is 22.1. The lowest BCUT2D eigenvalue weighted by molar-refractivity contribution is -0.318. The summed E-state index contributed by atoms with van der Waals surface area (Å²) in [4.78, 5) is 45.9. The van der Waals surface area contributed by atoms with Crippen molar-refractivity contribution in [1.29, 1.82) is 0 Å². The molecule has 8 N–H and O–H groups in total. The number of cyclic esters (lactones) is 1. The normalized spacial score (nSPS) is 49.5. The quantitative estimate of drug-likeness (QED) is 0.0692. The lowest BCUT2D eigenvalue weighted by Crippen LogP contribution is -2.69. The predicted molar refractivity (Wildman–Crippen MR) is 308 cm³/mol. The lowest BCUT2D eigenvalue weighted by Gasteiger charge is -2.61. The van der Waals surface area contributed by atoms with Crippen LogP contribution in [0.1, 0.15) is 162 Å². The van der Waals surface area contributed by atoms with Gasteiger partial charge in [-0.1, -0.05) is 52.3 Å². The minimum atomic E-state index is -2.13. The molecule has 7 aliphatic rings. The number of hydrogen-bond acceptors (Lipinski definition) is 18. The number of alkyl halides is 1. The van der Waals surface area contributed by atoms with Crippen molar-refractivity contribution in [2.45, 2.75) is 275 Å². The maximum atomic E-state index is 17.9. The Labute approximate surface area is 493 Å². The topological polar surface area (TPSA) is 267 Å². The molecule has 4 aliphatic carbocycles.